The van der Waals surface area contributed by atoms with E-state index in [9.17, 15) is 9.59 Å². The summed E-state index contributed by atoms with van der Waals surface area (Å²) in [5.41, 5.74) is 4.64. The molecule has 2 aromatic carbocycles. The predicted octanol–water partition coefficient (Wildman–Crippen LogP) is 4.92. The second kappa shape index (κ2) is 14.3. The van der Waals surface area contributed by atoms with E-state index in [1.807, 2.05) is 25.1 Å². The lowest BCUT2D eigenvalue weighted by atomic mass is 9.95. The van der Waals surface area contributed by atoms with Gasteiger partial charge in [-0.05, 0) is 54.9 Å². The van der Waals surface area contributed by atoms with Gasteiger partial charge in [0.25, 0.3) is 0 Å². The Kier molecular flexibility index (Phi) is 10.5. The minimum atomic E-state index is -0.496. The van der Waals surface area contributed by atoms with E-state index in [0.717, 1.165) is 49.7 Å². The van der Waals surface area contributed by atoms with Crippen LogP contribution in [0.25, 0.3) is 0 Å². The van der Waals surface area contributed by atoms with Crippen LogP contribution in [-0.4, -0.2) is 73.5 Å². The van der Waals surface area contributed by atoms with Crippen LogP contribution in [0.1, 0.15) is 42.3 Å². The quantitative estimate of drug-likeness (QED) is 0.297. The van der Waals surface area contributed by atoms with Crippen LogP contribution in [0, 0.1) is 0 Å². The lowest BCUT2D eigenvalue weighted by molar-refractivity contribution is -0.119. The van der Waals surface area contributed by atoms with Crippen molar-refractivity contribution in [2.45, 2.75) is 32.6 Å². The first kappa shape index (κ1) is 31.0. The predicted molar refractivity (Wildman–Crippen MR) is 166 cm³/mol. The average molecular weight is 592 g/mol. The number of anilines is 2. The van der Waals surface area contributed by atoms with Crippen LogP contribution < -0.4 is 19.7 Å². The molecule has 222 valence electrons. The molecular formula is C32H38ClN5O4. The highest BCUT2D eigenvalue weighted by molar-refractivity contribution is 6.33. The number of nitrogens with zero attached hydrogens (tertiary/aromatic N) is 4. The SMILES string of the molecule is C=CC(=O)Nc1cc(N2CCN(CC)CC2)ccc1Cc1cc(C(C)C(=O)Cc2cc(OC)cc(OC)c2Cl)ncn1. The molecule has 3 aromatic rings. The summed E-state index contributed by atoms with van der Waals surface area (Å²) in [4.78, 5) is 39.2. The van der Waals surface area contributed by atoms with Crippen LogP contribution in [0.5, 0.6) is 11.5 Å². The maximum atomic E-state index is 13.3. The molecule has 2 heterocycles. The molecule has 1 fully saturated rings. The number of ether oxygens (including phenoxy) is 2. The number of methoxy groups -OCH3 is 2. The zero-order valence-electron chi connectivity index (χ0n) is 24.7. The number of piperazine rings is 1. The van der Waals surface area contributed by atoms with E-state index < -0.39 is 5.92 Å². The van der Waals surface area contributed by atoms with Gasteiger partial charge in [-0.15, -0.1) is 0 Å². The second-order valence-electron chi connectivity index (χ2n) is 10.2. The van der Waals surface area contributed by atoms with Crippen molar-refractivity contribution < 1.29 is 19.1 Å². The molecule has 1 unspecified atom stereocenters. The lowest BCUT2D eigenvalue weighted by Crippen LogP contribution is -2.46. The average Bonchev–Trinajstić information content (AvgIpc) is 3.02. The first-order valence-electron chi connectivity index (χ1n) is 14.0. The summed E-state index contributed by atoms with van der Waals surface area (Å²) < 4.78 is 10.7. The number of Topliss-reactive ketones (excluding diaryl/α,β-unsaturated/α-hetero) is 1. The zero-order valence-corrected chi connectivity index (χ0v) is 25.4. The van der Waals surface area contributed by atoms with Crippen molar-refractivity contribution in [1.82, 2.24) is 14.9 Å². The number of hydrogen-bond donors (Lipinski definition) is 1. The lowest BCUT2D eigenvalue weighted by Gasteiger charge is -2.35. The van der Waals surface area contributed by atoms with E-state index in [4.69, 9.17) is 21.1 Å². The van der Waals surface area contributed by atoms with E-state index in [2.05, 4.69) is 44.7 Å². The molecule has 1 aliphatic rings. The molecule has 1 aliphatic heterocycles. The normalized spacial score (nSPS) is 14.3. The van der Waals surface area contributed by atoms with Crippen LogP contribution in [0.4, 0.5) is 11.4 Å². The number of nitrogens with one attached hydrogen (secondary N) is 1. The number of ketones is 1. The molecule has 42 heavy (non-hydrogen) atoms. The first-order chi connectivity index (χ1) is 20.3. The first-order valence-corrected chi connectivity index (χ1v) is 14.4. The van der Waals surface area contributed by atoms with Gasteiger partial charge in [-0.2, -0.15) is 0 Å². The van der Waals surface area contributed by atoms with E-state index in [0.29, 0.717) is 39.9 Å². The van der Waals surface area contributed by atoms with Gasteiger partial charge in [-0.25, -0.2) is 9.97 Å². The molecular weight excluding hydrogens is 554 g/mol. The van der Waals surface area contributed by atoms with Crippen molar-refractivity contribution in [3.8, 4) is 11.5 Å². The van der Waals surface area contributed by atoms with Gasteiger partial charge in [-0.3, -0.25) is 9.59 Å². The number of halogens is 1. The summed E-state index contributed by atoms with van der Waals surface area (Å²) in [6, 6.07) is 11.4. The smallest absolute Gasteiger partial charge is 0.247 e. The Balaban J connectivity index is 1.53. The zero-order chi connectivity index (χ0) is 30.2. The summed E-state index contributed by atoms with van der Waals surface area (Å²) in [6.45, 7) is 12.5. The van der Waals surface area contributed by atoms with Gasteiger partial charge in [0.15, 0.2) is 0 Å². The van der Waals surface area contributed by atoms with E-state index in [-0.39, 0.29) is 18.1 Å². The summed E-state index contributed by atoms with van der Waals surface area (Å²) in [6.07, 6.45) is 3.28. The molecule has 10 heteroatoms. The summed E-state index contributed by atoms with van der Waals surface area (Å²) in [5, 5.41) is 3.34. The summed E-state index contributed by atoms with van der Waals surface area (Å²) in [5.74, 6) is 0.182. The molecule has 0 aliphatic carbocycles. The number of carbonyl (C=O) groups is 2. The van der Waals surface area contributed by atoms with Crippen molar-refractivity contribution in [2.24, 2.45) is 0 Å². The standard InChI is InChI=1S/C32H38ClN5O4/c1-6-31(40)36-28-18-25(38-12-10-37(7-2)11-13-38)9-8-22(28)14-24-17-27(35-20-34-24)21(3)29(39)16-23-15-26(41-4)19-30(42-5)32(23)33/h6,8-9,15,17-21H,1,7,10-14,16H2,2-5H3,(H,36,40). The van der Waals surface area contributed by atoms with Crippen molar-refractivity contribution in [3.63, 3.8) is 0 Å². The van der Waals surface area contributed by atoms with Gasteiger partial charge < -0.3 is 24.6 Å². The topological polar surface area (TPSA) is 96.9 Å². The van der Waals surface area contributed by atoms with Gasteiger partial charge >= 0.3 is 0 Å². The second-order valence-corrected chi connectivity index (χ2v) is 10.6. The molecule has 1 N–H and O–H groups in total. The van der Waals surface area contributed by atoms with Crippen LogP contribution in [0.15, 0.2) is 55.4 Å². The Hall–Kier alpha value is -3.95. The van der Waals surface area contributed by atoms with E-state index in [1.54, 1.807) is 19.2 Å². The molecule has 4 rings (SSSR count). The van der Waals surface area contributed by atoms with Gasteiger partial charge in [0, 0.05) is 62.2 Å². The molecule has 0 saturated carbocycles. The Morgan fingerprint density at radius 2 is 1.83 bits per heavy atom. The summed E-state index contributed by atoms with van der Waals surface area (Å²) in [7, 11) is 3.07. The molecule has 0 radical (unpaired) electrons. The summed E-state index contributed by atoms with van der Waals surface area (Å²) >= 11 is 6.48. The Morgan fingerprint density at radius 3 is 2.50 bits per heavy atom. The van der Waals surface area contributed by atoms with Crippen molar-refractivity contribution in [3.05, 3.63) is 82.9 Å². The third-order valence-corrected chi connectivity index (χ3v) is 8.10. The van der Waals surface area contributed by atoms with E-state index >= 15 is 0 Å². The van der Waals surface area contributed by atoms with E-state index in [1.165, 1.54) is 19.5 Å². The maximum absolute atomic E-state index is 13.3. The molecule has 1 saturated heterocycles. The van der Waals surface area contributed by atoms with Crippen LogP contribution >= 0.6 is 11.6 Å². The molecule has 9 nitrogen and oxygen atoms in total. The van der Waals surface area contributed by atoms with Gasteiger partial charge in [-0.1, -0.05) is 31.2 Å². The third kappa shape index (κ3) is 7.46. The van der Waals surface area contributed by atoms with Crippen LogP contribution in [0.2, 0.25) is 5.02 Å². The monoisotopic (exact) mass is 591 g/mol. The fourth-order valence-electron chi connectivity index (χ4n) is 5.01. The number of benzene rings is 2. The molecule has 1 aromatic heterocycles. The number of rotatable bonds is 12. The fourth-order valence-corrected chi connectivity index (χ4v) is 5.26. The third-order valence-electron chi connectivity index (χ3n) is 7.67. The highest BCUT2D eigenvalue weighted by atomic mass is 35.5. The van der Waals surface area contributed by atoms with Gasteiger partial charge in [0.1, 0.15) is 23.6 Å². The van der Waals surface area contributed by atoms with Crippen molar-refractivity contribution in [1.29, 1.82) is 0 Å². The van der Waals surface area contributed by atoms with Crippen LogP contribution in [-0.2, 0) is 22.4 Å². The van der Waals surface area contributed by atoms with Crippen molar-refractivity contribution in [2.75, 3.05) is 57.2 Å². The Labute approximate surface area is 252 Å². The molecule has 0 bridgehead atoms. The minimum absolute atomic E-state index is 0.0525. The number of hydrogen-bond acceptors (Lipinski definition) is 8. The van der Waals surface area contributed by atoms with Crippen molar-refractivity contribution >= 4 is 34.7 Å². The van der Waals surface area contributed by atoms with Crippen LogP contribution in [0.3, 0.4) is 0 Å². The molecule has 1 amide bonds. The van der Waals surface area contributed by atoms with Gasteiger partial charge in [0.2, 0.25) is 5.91 Å². The highest BCUT2D eigenvalue weighted by Gasteiger charge is 2.22. The van der Waals surface area contributed by atoms with Gasteiger partial charge in [0.05, 0.1) is 30.9 Å². The number of carbonyl (C=O) groups excluding carboxylic acids is 2. The fraction of sp³-hybridized carbons (Fsp3) is 0.375. The molecule has 1 atom stereocenters. The highest BCUT2D eigenvalue weighted by Crippen LogP contribution is 2.34. The Morgan fingerprint density at radius 1 is 1.07 bits per heavy atom. The number of aromatic nitrogens is 2. The minimum Gasteiger partial charge on any atom is -0.497 e. The maximum Gasteiger partial charge on any atom is 0.247 e. The number of amides is 1. The largest absolute Gasteiger partial charge is 0.497 e. The number of likely N-dealkylation sites (N-methyl/N-ethyl adjacent to an activating group) is 1. The Bertz CT molecular complexity index is 1440. The molecule has 0 spiro atoms.